The minimum Gasteiger partial charge on any atom is -0.321 e. The molecule has 29 heavy (non-hydrogen) atoms. The largest absolute Gasteiger partial charge is 0.321 e. The SMILES string of the molecule is Cc1csc(SCc2ccccc2C(=O)Nc2c(C(C)C)cccc2C(C)C)n1. The molecule has 1 aromatic heterocycles. The van der Waals surface area contributed by atoms with Gasteiger partial charge in [0.1, 0.15) is 4.34 Å². The monoisotopic (exact) mass is 424 g/mol. The Morgan fingerprint density at radius 2 is 1.69 bits per heavy atom. The van der Waals surface area contributed by atoms with Gasteiger partial charge in [0.05, 0.1) is 0 Å². The van der Waals surface area contributed by atoms with E-state index in [4.69, 9.17) is 0 Å². The second-order valence-corrected chi connectivity index (χ2v) is 9.86. The number of carbonyl (C=O) groups excluding carboxylic acids is 1. The van der Waals surface area contributed by atoms with Crippen LogP contribution in [0, 0.1) is 6.92 Å². The molecule has 0 aliphatic heterocycles. The molecule has 0 bridgehead atoms. The number of benzene rings is 2. The standard InChI is InChI=1S/C24H28N2OS2/c1-15(2)19-11-8-12-20(16(3)4)22(19)26-23(27)21-10-7-6-9-18(21)14-29-24-25-17(5)13-28-24/h6-13,15-16H,14H2,1-5H3,(H,26,27). The number of amides is 1. The molecule has 0 spiro atoms. The van der Waals surface area contributed by atoms with Gasteiger partial charge in [-0.2, -0.15) is 0 Å². The van der Waals surface area contributed by atoms with Gasteiger partial charge >= 0.3 is 0 Å². The van der Waals surface area contributed by atoms with Crippen molar-refractivity contribution in [1.29, 1.82) is 0 Å². The molecule has 3 aromatic rings. The van der Waals surface area contributed by atoms with Crippen molar-refractivity contribution < 1.29 is 4.79 Å². The number of thioether (sulfide) groups is 1. The van der Waals surface area contributed by atoms with Gasteiger partial charge in [-0.05, 0) is 41.5 Å². The van der Waals surface area contributed by atoms with E-state index in [1.54, 1.807) is 23.1 Å². The number of aryl methyl sites for hydroxylation is 1. The zero-order valence-corrected chi connectivity index (χ0v) is 19.3. The number of anilines is 1. The first-order valence-corrected chi connectivity index (χ1v) is 11.8. The highest BCUT2D eigenvalue weighted by atomic mass is 32.2. The van der Waals surface area contributed by atoms with Crippen LogP contribution < -0.4 is 5.32 Å². The number of thiazole rings is 1. The number of para-hydroxylation sites is 1. The summed E-state index contributed by atoms with van der Waals surface area (Å²) in [6.45, 7) is 10.7. The second-order valence-electron chi connectivity index (χ2n) is 7.78. The summed E-state index contributed by atoms with van der Waals surface area (Å²) < 4.78 is 1.03. The van der Waals surface area contributed by atoms with Crippen molar-refractivity contribution in [3.8, 4) is 0 Å². The van der Waals surface area contributed by atoms with Gasteiger partial charge in [-0.25, -0.2) is 4.98 Å². The van der Waals surface area contributed by atoms with Crippen LogP contribution in [0.1, 0.15) is 72.3 Å². The van der Waals surface area contributed by atoms with E-state index in [2.05, 4.69) is 61.6 Å². The van der Waals surface area contributed by atoms with Crippen LogP contribution in [0.4, 0.5) is 5.69 Å². The van der Waals surface area contributed by atoms with Crippen molar-refractivity contribution >= 4 is 34.7 Å². The molecular weight excluding hydrogens is 396 g/mol. The maximum atomic E-state index is 13.3. The topological polar surface area (TPSA) is 42.0 Å². The van der Waals surface area contributed by atoms with Crippen molar-refractivity contribution in [3.63, 3.8) is 0 Å². The molecule has 1 heterocycles. The van der Waals surface area contributed by atoms with Crippen LogP contribution in [0.2, 0.25) is 0 Å². The summed E-state index contributed by atoms with van der Waals surface area (Å²) in [5.41, 5.74) is 6.09. The Kier molecular flexibility index (Phi) is 7.14. The van der Waals surface area contributed by atoms with Crippen LogP contribution in [-0.4, -0.2) is 10.9 Å². The van der Waals surface area contributed by atoms with E-state index in [1.807, 2.05) is 31.2 Å². The van der Waals surface area contributed by atoms with Gasteiger partial charge in [-0.15, -0.1) is 11.3 Å². The lowest BCUT2D eigenvalue weighted by Gasteiger charge is -2.20. The predicted molar refractivity (Wildman–Crippen MR) is 125 cm³/mol. The lowest BCUT2D eigenvalue weighted by Crippen LogP contribution is -2.17. The van der Waals surface area contributed by atoms with Crippen molar-refractivity contribution in [1.82, 2.24) is 4.98 Å². The van der Waals surface area contributed by atoms with Gasteiger partial charge in [0.25, 0.3) is 5.91 Å². The predicted octanol–water partition coefficient (Wildman–Crippen LogP) is 7.24. The molecule has 0 atom stereocenters. The first-order chi connectivity index (χ1) is 13.9. The molecule has 0 unspecified atom stereocenters. The fourth-order valence-corrected chi connectivity index (χ4v) is 5.14. The molecule has 3 rings (SSSR count). The molecule has 0 fully saturated rings. The zero-order valence-electron chi connectivity index (χ0n) is 17.7. The van der Waals surface area contributed by atoms with E-state index in [-0.39, 0.29) is 5.91 Å². The number of carbonyl (C=O) groups is 1. The molecule has 0 saturated heterocycles. The van der Waals surface area contributed by atoms with E-state index >= 15 is 0 Å². The number of nitrogens with zero attached hydrogens (tertiary/aromatic N) is 1. The van der Waals surface area contributed by atoms with Crippen molar-refractivity contribution in [2.24, 2.45) is 0 Å². The van der Waals surface area contributed by atoms with Crippen LogP contribution >= 0.6 is 23.1 Å². The maximum absolute atomic E-state index is 13.3. The summed E-state index contributed by atoms with van der Waals surface area (Å²) >= 11 is 3.32. The third-order valence-corrected chi connectivity index (χ3v) is 7.01. The van der Waals surface area contributed by atoms with E-state index in [0.717, 1.165) is 32.6 Å². The quantitative estimate of drug-likeness (QED) is 0.406. The van der Waals surface area contributed by atoms with E-state index in [0.29, 0.717) is 11.8 Å². The van der Waals surface area contributed by atoms with Gasteiger partial charge in [-0.1, -0.05) is 75.9 Å². The maximum Gasteiger partial charge on any atom is 0.255 e. The lowest BCUT2D eigenvalue weighted by atomic mass is 9.92. The van der Waals surface area contributed by atoms with E-state index < -0.39 is 0 Å². The summed E-state index contributed by atoms with van der Waals surface area (Å²) in [6.07, 6.45) is 0. The third kappa shape index (κ3) is 5.28. The number of aromatic nitrogens is 1. The minimum atomic E-state index is -0.0495. The summed E-state index contributed by atoms with van der Waals surface area (Å²) in [6, 6.07) is 14.2. The third-order valence-electron chi connectivity index (χ3n) is 4.82. The Balaban J connectivity index is 1.87. The fraction of sp³-hybridized carbons (Fsp3) is 0.333. The lowest BCUT2D eigenvalue weighted by molar-refractivity contribution is 0.102. The fourth-order valence-electron chi connectivity index (χ4n) is 3.28. The molecule has 0 radical (unpaired) electrons. The highest BCUT2D eigenvalue weighted by Gasteiger charge is 2.18. The Morgan fingerprint density at radius 1 is 1.03 bits per heavy atom. The molecular formula is C24H28N2OS2. The van der Waals surface area contributed by atoms with E-state index in [1.165, 1.54) is 11.1 Å². The van der Waals surface area contributed by atoms with Gasteiger partial charge < -0.3 is 5.32 Å². The summed E-state index contributed by atoms with van der Waals surface area (Å²) in [7, 11) is 0. The number of nitrogens with one attached hydrogen (secondary N) is 1. The van der Waals surface area contributed by atoms with Crippen molar-refractivity contribution in [2.75, 3.05) is 5.32 Å². The van der Waals surface area contributed by atoms with Gasteiger partial charge in [0.2, 0.25) is 0 Å². The Hall–Kier alpha value is -2.11. The van der Waals surface area contributed by atoms with E-state index in [9.17, 15) is 4.79 Å². The molecule has 5 heteroatoms. The second kappa shape index (κ2) is 9.59. The van der Waals surface area contributed by atoms with Crippen LogP contribution in [0.15, 0.2) is 52.2 Å². The molecule has 1 amide bonds. The van der Waals surface area contributed by atoms with Crippen molar-refractivity contribution in [3.05, 3.63) is 75.8 Å². The first-order valence-electron chi connectivity index (χ1n) is 9.93. The van der Waals surface area contributed by atoms with Crippen LogP contribution in [-0.2, 0) is 5.75 Å². The molecule has 0 aliphatic carbocycles. The molecule has 1 N–H and O–H groups in total. The highest BCUT2D eigenvalue weighted by Crippen LogP contribution is 2.33. The molecule has 2 aromatic carbocycles. The minimum absolute atomic E-state index is 0.0495. The zero-order chi connectivity index (χ0) is 21.0. The Morgan fingerprint density at radius 3 is 2.28 bits per heavy atom. The number of rotatable bonds is 7. The average molecular weight is 425 g/mol. The summed E-state index contributed by atoms with van der Waals surface area (Å²) in [5, 5.41) is 5.29. The molecule has 0 aliphatic rings. The summed E-state index contributed by atoms with van der Waals surface area (Å²) in [4.78, 5) is 17.8. The smallest absolute Gasteiger partial charge is 0.255 e. The van der Waals surface area contributed by atoms with Crippen LogP contribution in [0.25, 0.3) is 0 Å². The van der Waals surface area contributed by atoms with Gasteiger partial charge in [0.15, 0.2) is 0 Å². The van der Waals surface area contributed by atoms with Crippen LogP contribution in [0.5, 0.6) is 0 Å². The first kappa shape index (κ1) is 21.6. The highest BCUT2D eigenvalue weighted by molar-refractivity contribution is 8.00. The van der Waals surface area contributed by atoms with Gasteiger partial charge in [-0.3, -0.25) is 4.79 Å². The number of hydrogen-bond acceptors (Lipinski definition) is 4. The van der Waals surface area contributed by atoms with Crippen molar-refractivity contribution in [2.45, 2.75) is 56.5 Å². The Labute approximate surface area is 182 Å². The molecule has 0 saturated carbocycles. The number of hydrogen-bond donors (Lipinski definition) is 1. The van der Waals surface area contributed by atoms with Gasteiger partial charge in [0, 0.05) is 28.1 Å². The van der Waals surface area contributed by atoms with Crippen LogP contribution in [0.3, 0.4) is 0 Å². The summed E-state index contributed by atoms with van der Waals surface area (Å²) in [5.74, 6) is 1.34. The molecule has 152 valence electrons. The normalized spacial score (nSPS) is 11.3. The average Bonchev–Trinajstić information content (AvgIpc) is 3.11. The Bertz CT molecular complexity index is 966. The molecule has 3 nitrogen and oxygen atoms in total.